The molecular formula is C11H14O3. The number of ether oxygens (including phenoxy) is 2. The minimum atomic E-state index is -0.510. The van der Waals surface area contributed by atoms with E-state index in [1.165, 1.54) is 0 Å². The number of hydrogen-bond donors (Lipinski definition) is 1. The van der Waals surface area contributed by atoms with Crippen LogP contribution in [0.2, 0.25) is 0 Å². The molecule has 3 heteroatoms. The third-order valence-corrected chi connectivity index (χ3v) is 2.33. The van der Waals surface area contributed by atoms with Crippen molar-refractivity contribution in [1.29, 1.82) is 0 Å². The van der Waals surface area contributed by atoms with Gasteiger partial charge < -0.3 is 14.6 Å². The maximum absolute atomic E-state index is 9.58. The van der Waals surface area contributed by atoms with E-state index in [-0.39, 0.29) is 6.10 Å². The van der Waals surface area contributed by atoms with Gasteiger partial charge in [-0.05, 0) is 18.6 Å². The molecule has 0 saturated carbocycles. The highest BCUT2D eigenvalue weighted by atomic mass is 16.5. The second-order valence-electron chi connectivity index (χ2n) is 3.39. The van der Waals surface area contributed by atoms with Crippen LogP contribution >= 0.6 is 0 Å². The van der Waals surface area contributed by atoms with Crippen molar-refractivity contribution in [2.24, 2.45) is 0 Å². The highest BCUT2D eigenvalue weighted by Gasteiger charge is 2.26. The average molecular weight is 194 g/mol. The van der Waals surface area contributed by atoms with Gasteiger partial charge in [-0.1, -0.05) is 18.2 Å². The molecule has 1 aromatic rings. The van der Waals surface area contributed by atoms with Gasteiger partial charge in [-0.3, -0.25) is 0 Å². The predicted octanol–water partition coefficient (Wildman–Crippen LogP) is 1.22. The molecule has 0 amide bonds. The smallest absolute Gasteiger partial charge is 0.119 e. The molecule has 0 aliphatic carbocycles. The van der Waals surface area contributed by atoms with Crippen molar-refractivity contribution in [1.82, 2.24) is 0 Å². The van der Waals surface area contributed by atoms with E-state index in [1.807, 2.05) is 30.3 Å². The summed E-state index contributed by atoms with van der Waals surface area (Å²) >= 11 is 0. The molecule has 3 nitrogen and oxygen atoms in total. The zero-order valence-corrected chi connectivity index (χ0v) is 7.93. The fourth-order valence-corrected chi connectivity index (χ4v) is 1.36. The Kier molecular flexibility index (Phi) is 3.01. The average Bonchev–Trinajstić information content (AvgIpc) is 2.14. The number of rotatable bonds is 4. The lowest BCUT2D eigenvalue weighted by Crippen LogP contribution is -2.41. The van der Waals surface area contributed by atoms with Crippen LogP contribution in [0.25, 0.3) is 0 Å². The molecule has 2 rings (SSSR count). The van der Waals surface area contributed by atoms with Gasteiger partial charge in [0.2, 0.25) is 0 Å². The zero-order valence-electron chi connectivity index (χ0n) is 7.93. The van der Waals surface area contributed by atoms with Crippen LogP contribution in [0.1, 0.15) is 6.42 Å². The minimum absolute atomic E-state index is 0.0290. The van der Waals surface area contributed by atoms with Crippen LogP contribution in [0.3, 0.4) is 0 Å². The van der Waals surface area contributed by atoms with E-state index in [1.54, 1.807) is 0 Å². The molecule has 76 valence electrons. The van der Waals surface area contributed by atoms with Crippen LogP contribution in [0.5, 0.6) is 5.75 Å². The Morgan fingerprint density at radius 3 is 2.71 bits per heavy atom. The molecule has 2 unspecified atom stereocenters. The van der Waals surface area contributed by atoms with Crippen molar-refractivity contribution < 1.29 is 14.6 Å². The third-order valence-electron chi connectivity index (χ3n) is 2.33. The van der Waals surface area contributed by atoms with Gasteiger partial charge in [0, 0.05) is 6.61 Å². The number of para-hydroxylation sites is 1. The van der Waals surface area contributed by atoms with Crippen molar-refractivity contribution in [2.45, 2.75) is 18.6 Å². The summed E-state index contributed by atoms with van der Waals surface area (Å²) in [5, 5.41) is 9.58. The SMILES string of the molecule is OC(COc1ccccc1)C1CCO1. The number of hydrogen-bond acceptors (Lipinski definition) is 3. The van der Waals surface area contributed by atoms with Crippen molar-refractivity contribution in [3.05, 3.63) is 30.3 Å². The maximum Gasteiger partial charge on any atom is 0.119 e. The Morgan fingerprint density at radius 1 is 1.43 bits per heavy atom. The van der Waals surface area contributed by atoms with E-state index >= 15 is 0 Å². The first-order valence-electron chi connectivity index (χ1n) is 4.84. The molecule has 0 radical (unpaired) electrons. The minimum Gasteiger partial charge on any atom is -0.491 e. The van der Waals surface area contributed by atoms with Crippen LogP contribution in [0, 0.1) is 0 Å². The van der Waals surface area contributed by atoms with Gasteiger partial charge in [-0.2, -0.15) is 0 Å². The molecule has 14 heavy (non-hydrogen) atoms. The second kappa shape index (κ2) is 4.44. The molecule has 0 spiro atoms. The highest BCUT2D eigenvalue weighted by molar-refractivity contribution is 5.20. The van der Waals surface area contributed by atoms with Crippen LogP contribution in [-0.4, -0.2) is 30.5 Å². The summed E-state index contributed by atoms with van der Waals surface area (Å²) < 4.78 is 10.5. The van der Waals surface area contributed by atoms with Gasteiger partial charge in [-0.15, -0.1) is 0 Å². The van der Waals surface area contributed by atoms with Gasteiger partial charge in [0.05, 0.1) is 6.10 Å². The molecule has 1 N–H and O–H groups in total. The van der Waals surface area contributed by atoms with Crippen molar-refractivity contribution >= 4 is 0 Å². The van der Waals surface area contributed by atoms with Crippen LogP contribution in [-0.2, 0) is 4.74 Å². The number of aliphatic hydroxyl groups excluding tert-OH is 1. The van der Waals surface area contributed by atoms with Crippen LogP contribution < -0.4 is 4.74 Å². The van der Waals surface area contributed by atoms with E-state index in [9.17, 15) is 5.11 Å². The molecule has 1 aliphatic heterocycles. The number of benzene rings is 1. The Morgan fingerprint density at radius 2 is 2.14 bits per heavy atom. The quantitative estimate of drug-likeness (QED) is 0.783. The molecule has 0 aromatic heterocycles. The Hall–Kier alpha value is -1.06. The van der Waals surface area contributed by atoms with Crippen molar-refractivity contribution in [3.63, 3.8) is 0 Å². The zero-order chi connectivity index (χ0) is 9.80. The summed E-state index contributed by atoms with van der Waals surface area (Å²) in [6.07, 6.45) is 0.391. The Bertz CT molecular complexity index is 269. The molecule has 1 aliphatic rings. The molecular weight excluding hydrogens is 180 g/mol. The summed E-state index contributed by atoms with van der Waals surface area (Å²) in [6, 6.07) is 9.48. The van der Waals surface area contributed by atoms with E-state index in [2.05, 4.69) is 0 Å². The fraction of sp³-hybridized carbons (Fsp3) is 0.455. The summed E-state index contributed by atoms with van der Waals surface area (Å²) in [5.74, 6) is 0.783. The Balaban J connectivity index is 1.76. The van der Waals surface area contributed by atoms with Gasteiger partial charge in [0.15, 0.2) is 0 Å². The van der Waals surface area contributed by atoms with Gasteiger partial charge in [0.1, 0.15) is 18.5 Å². The fourth-order valence-electron chi connectivity index (χ4n) is 1.36. The van der Waals surface area contributed by atoms with Crippen molar-refractivity contribution in [2.75, 3.05) is 13.2 Å². The van der Waals surface area contributed by atoms with E-state index in [0.29, 0.717) is 6.61 Å². The topological polar surface area (TPSA) is 38.7 Å². The predicted molar refractivity (Wildman–Crippen MR) is 52.3 cm³/mol. The van der Waals surface area contributed by atoms with E-state index < -0.39 is 6.10 Å². The molecule has 1 aromatic carbocycles. The molecule has 1 heterocycles. The second-order valence-corrected chi connectivity index (χ2v) is 3.39. The molecule has 1 fully saturated rings. The highest BCUT2D eigenvalue weighted by Crippen LogP contribution is 2.16. The molecule has 0 bridgehead atoms. The summed E-state index contributed by atoms with van der Waals surface area (Å²) in [4.78, 5) is 0. The first-order chi connectivity index (χ1) is 6.86. The summed E-state index contributed by atoms with van der Waals surface area (Å²) in [6.45, 7) is 1.06. The standard InChI is InChI=1S/C11H14O3/c12-10(11-6-7-13-11)8-14-9-4-2-1-3-5-9/h1-5,10-12H,6-8H2. The maximum atomic E-state index is 9.58. The van der Waals surface area contributed by atoms with Gasteiger partial charge in [0.25, 0.3) is 0 Å². The molecule has 1 saturated heterocycles. The Labute approximate surface area is 83.3 Å². The van der Waals surface area contributed by atoms with Gasteiger partial charge >= 0.3 is 0 Å². The monoisotopic (exact) mass is 194 g/mol. The van der Waals surface area contributed by atoms with Crippen molar-refractivity contribution in [3.8, 4) is 5.75 Å². The summed E-state index contributed by atoms with van der Waals surface area (Å²) in [5.41, 5.74) is 0. The summed E-state index contributed by atoms with van der Waals surface area (Å²) in [7, 11) is 0. The normalized spacial score (nSPS) is 22.5. The number of aliphatic hydroxyl groups is 1. The lowest BCUT2D eigenvalue weighted by atomic mass is 10.1. The third kappa shape index (κ3) is 2.25. The van der Waals surface area contributed by atoms with Gasteiger partial charge in [-0.25, -0.2) is 0 Å². The van der Waals surface area contributed by atoms with E-state index in [4.69, 9.17) is 9.47 Å². The largest absolute Gasteiger partial charge is 0.491 e. The van der Waals surface area contributed by atoms with Crippen LogP contribution in [0.4, 0.5) is 0 Å². The first kappa shape index (κ1) is 9.49. The first-order valence-corrected chi connectivity index (χ1v) is 4.84. The lowest BCUT2D eigenvalue weighted by Gasteiger charge is -2.30. The van der Waals surface area contributed by atoms with Crippen LogP contribution in [0.15, 0.2) is 30.3 Å². The lowest BCUT2D eigenvalue weighted by molar-refractivity contribution is -0.125. The van der Waals surface area contributed by atoms with E-state index in [0.717, 1.165) is 18.8 Å². The molecule has 2 atom stereocenters.